The molecule has 0 unspecified atom stereocenters. The van der Waals surface area contributed by atoms with Crippen molar-refractivity contribution in [2.24, 2.45) is 10.1 Å². The third kappa shape index (κ3) is 6.40. The molecule has 0 aromatic heterocycles. The summed E-state index contributed by atoms with van der Waals surface area (Å²) in [5, 5.41) is 15.8. The number of unbranched alkanes of at least 4 members (excludes halogenated alkanes) is 1. The van der Waals surface area contributed by atoms with Gasteiger partial charge in [-0.3, -0.25) is 10.2 Å². The number of rotatable bonds is 11. The van der Waals surface area contributed by atoms with E-state index in [0.29, 0.717) is 42.1 Å². The first-order chi connectivity index (χ1) is 17.9. The molecule has 1 N–H and O–H groups in total. The molecule has 2 aliphatic rings. The van der Waals surface area contributed by atoms with Gasteiger partial charge in [-0.2, -0.15) is 15.1 Å². The number of hydrazone groups is 1. The number of thioether (sulfide) groups is 1. The van der Waals surface area contributed by atoms with Gasteiger partial charge >= 0.3 is 0 Å². The number of benzene rings is 2. The molecule has 0 atom stereocenters. The zero-order chi connectivity index (χ0) is 26.4. The van der Waals surface area contributed by atoms with Gasteiger partial charge in [-0.1, -0.05) is 25.5 Å². The zero-order valence-corrected chi connectivity index (χ0v) is 22.5. The summed E-state index contributed by atoms with van der Waals surface area (Å²) < 4.78 is 17.5. The van der Waals surface area contributed by atoms with E-state index in [9.17, 15) is 4.79 Å². The van der Waals surface area contributed by atoms with Gasteiger partial charge in [0.1, 0.15) is 24.0 Å². The molecule has 194 valence electrons. The molecule has 2 aromatic carbocycles. The van der Waals surface area contributed by atoms with Crippen molar-refractivity contribution >= 4 is 39.8 Å². The number of aliphatic imine (C=N–C) groups is 1. The number of hydrogen-bond donors (Lipinski definition) is 1. The third-order valence-corrected chi connectivity index (χ3v) is 6.88. The van der Waals surface area contributed by atoms with Crippen molar-refractivity contribution < 1.29 is 19.0 Å². The smallest absolute Gasteiger partial charge is 0.283 e. The van der Waals surface area contributed by atoms with Crippen molar-refractivity contribution in [2.45, 2.75) is 47.0 Å². The molecule has 0 aliphatic carbocycles. The Morgan fingerprint density at radius 2 is 1.81 bits per heavy atom. The number of nitrogens with zero attached hydrogens (tertiary/aromatic N) is 3. The van der Waals surface area contributed by atoms with Gasteiger partial charge in [0, 0.05) is 0 Å². The first-order valence-corrected chi connectivity index (χ1v) is 13.3. The van der Waals surface area contributed by atoms with Gasteiger partial charge in [0.2, 0.25) is 5.17 Å². The van der Waals surface area contributed by atoms with Gasteiger partial charge in [0.25, 0.3) is 5.91 Å². The Morgan fingerprint density at radius 1 is 1.00 bits per heavy atom. The summed E-state index contributed by atoms with van der Waals surface area (Å²) in [5.41, 5.74) is 3.29. The standard InChI is InChI=1S/C28H32N4O4S/c1-5-7-8-25-31-32-26(29)22(27(33)30-28(32)37-25)16-20-10-12-23(24(17-20)34-6-2)36-14-13-35-21-11-9-18(3)19(4)15-21/h9-12,15-17,29H,5-8,13-14H2,1-4H3/b22-16-,29-26?. The fourth-order valence-corrected chi connectivity index (χ4v) is 4.67. The highest BCUT2D eigenvalue weighted by Gasteiger charge is 2.35. The minimum atomic E-state index is -0.447. The lowest BCUT2D eigenvalue weighted by atomic mass is 10.1. The van der Waals surface area contributed by atoms with Crippen LogP contribution in [-0.4, -0.2) is 46.8 Å². The van der Waals surface area contributed by atoms with E-state index in [2.05, 4.69) is 30.9 Å². The second kappa shape index (κ2) is 12.1. The molecule has 4 rings (SSSR count). The molecule has 37 heavy (non-hydrogen) atoms. The highest BCUT2D eigenvalue weighted by atomic mass is 32.2. The molecule has 0 spiro atoms. The van der Waals surface area contributed by atoms with Gasteiger partial charge in [0.15, 0.2) is 17.3 Å². The predicted octanol–water partition coefficient (Wildman–Crippen LogP) is 5.97. The maximum Gasteiger partial charge on any atom is 0.283 e. The zero-order valence-electron chi connectivity index (χ0n) is 21.7. The summed E-state index contributed by atoms with van der Waals surface area (Å²) in [6.45, 7) is 9.33. The Kier molecular flexibility index (Phi) is 8.66. The number of amides is 1. The second-order valence-electron chi connectivity index (χ2n) is 8.70. The molecule has 2 heterocycles. The van der Waals surface area contributed by atoms with Crippen LogP contribution in [0.25, 0.3) is 6.08 Å². The highest BCUT2D eigenvalue weighted by molar-refractivity contribution is 8.26. The highest BCUT2D eigenvalue weighted by Crippen LogP contribution is 2.32. The molecule has 1 amide bonds. The lowest BCUT2D eigenvalue weighted by Gasteiger charge is -2.20. The van der Waals surface area contributed by atoms with Gasteiger partial charge < -0.3 is 14.2 Å². The minimum Gasteiger partial charge on any atom is -0.490 e. The van der Waals surface area contributed by atoms with Gasteiger partial charge in [-0.15, -0.1) is 0 Å². The molecule has 0 radical (unpaired) electrons. The van der Waals surface area contributed by atoms with Crippen LogP contribution in [0.4, 0.5) is 0 Å². The van der Waals surface area contributed by atoms with Gasteiger partial charge in [-0.25, -0.2) is 0 Å². The summed E-state index contributed by atoms with van der Waals surface area (Å²) in [5.74, 6) is 1.52. The van der Waals surface area contributed by atoms with E-state index in [1.165, 1.54) is 27.9 Å². The first kappa shape index (κ1) is 26.5. The number of aryl methyl sites for hydroxylation is 2. The van der Waals surface area contributed by atoms with Crippen LogP contribution >= 0.6 is 11.8 Å². The van der Waals surface area contributed by atoms with Crippen molar-refractivity contribution in [3.05, 3.63) is 58.7 Å². The Labute approximate surface area is 221 Å². The molecule has 2 aliphatic heterocycles. The summed E-state index contributed by atoms with van der Waals surface area (Å²) in [6.07, 6.45) is 4.51. The van der Waals surface area contributed by atoms with Crippen LogP contribution in [0.5, 0.6) is 17.2 Å². The lowest BCUT2D eigenvalue weighted by molar-refractivity contribution is -0.114. The van der Waals surface area contributed by atoms with Crippen molar-refractivity contribution in [1.82, 2.24) is 5.01 Å². The Bertz CT molecular complexity index is 1280. The average Bonchev–Trinajstić information content (AvgIpc) is 3.29. The average molecular weight is 521 g/mol. The number of amidine groups is 2. The van der Waals surface area contributed by atoms with E-state index in [1.54, 1.807) is 18.2 Å². The molecule has 0 saturated carbocycles. The monoisotopic (exact) mass is 520 g/mol. The Morgan fingerprint density at radius 3 is 2.57 bits per heavy atom. The molecular weight excluding hydrogens is 488 g/mol. The van der Waals surface area contributed by atoms with Crippen LogP contribution in [0.1, 0.15) is 49.8 Å². The SMILES string of the molecule is CCCCC1=NN2C(=N)/C(=C/c3ccc(OCCOc4ccc(C)c(C)c4)c(OCC)c3)C(=O)N=C2S1. The number of nitrogens with one attached hydrogen (secondary N) is 1. The summed E-state index contributed by atoms with van der Waals surface area (Å²) in [4.78, 5) is 16.9. The van der Waals surface area contributed by atoms with E-state index in [0.717, 1.165) is 30.1 Å². The van der Waals surface area contributed by atoms with Crippen molar-refractivity contribution in [3.8, 4) is 17.2 Å². The predicted molar refractivity (Wildman–Crippen MR) is 149 cm³/mol. The summed E-state index contributed by atoms with van der Waals surface area (Å²) >= 11 is 1.36. The Hall–Kier alpha value is -3.59. The van der Waals surface area contributed by atoms with Crippen molar-refractivity contribution in [1.29, 1.82) is 5.41 Å². The van der Waals surface area contributed by atoms with E-state index in [-0.39, 0.29) is 11.4 Å². The van der Waals surface area contributed by atoms with Crippen molar-refractivity contribution in [3.63, 3.8) is 0 Å². The van der Waals surface area contributed by atoms with E-state index < -0.39 is 5.91 Å². The molecule has 9 heteroatoms. The van der Waals surface area contributed by atoms with Crippen LogP contribution in [0, 0.1) is 19.3 Å². The van der Waals surface area contributed by atoms with Gasteiger partial charge in [-0.05, 0) is 92.4 Å². The number of carbonyl (C=O) groups is 1. The third-order valence-electron chi connectivity index (χ3n) is 5.91. The number of hydrogen-bond acceptors (Lipinski definition) is 7. The van der Waals surface area contributed by atoms with Crippen LogP contribution < -0.4 is 14.2 Å². The van der Waals surface area contributed by atoms with Crippen LogP contribution in [0.15, 0.2) is 52.1 Å². The maximum absolute atomic E-state index is 12.7. The molecule has 0 fully saturated rings. The van der Waals surface area contributed by atoms with E-state index in [1.807, 2.05) is 31.2 Å². The summed E-state index contributed by atoms with van der Waals surface area (Å²) in [6, 6.07) is 11.4. The van der Waals surface area contributed by atoms with Crippen molar-refractivity contribution in [2.75, 3.05) is 19.8 Å². The first-order valence-electron chi connectivity index (χ1n) is 12.5. The second-order valence-corrected chi connectivity index (χ2v) is 9.74. The molecule has 2 aromatic rings. The number of fused-ring (bicyclic) bond motifs is 1. The van der Waals surface area contributed by atoms with E-state index >= 15 is 0 Å². The fraction of sp³-hybridized carbons (Fsp3) is 0.357. The topological polar surface area (TPSA) is 96.6 Å². The summed E-state index contributed by atoms with van der Waals surface area (Å²) in [7, 11) is 0. The molecule has 0 saturated heterocycles. The lowest BCUT2D eigenvalue weighted by Crippen LogP contribution is -2.35. The molecule has 8 nitrogen and oxygen atoms in total. The minimum absolute atomic E-state index is 0.0239. The fourth-order valence-electron chi connectivity index (χ4n) is 3.74. The quantitative estimate of drug-likeness (QED) is 0.290. The van der Waals surface area contributed by atoms with Crippen LogP contribution in [-0.2, 0) is 4.79 Å². The molecule has 0 bridgehead atoms. The molecular formula is C28H32N4O4S. The van der Waals surface area contributed by atoms with Crippen LogP contribution in [0.2, 0.25) is 0 Å². The normalized spacial score (nSPS) is 16.0. The largest absolute Gasteiger partial charge is 0.490 e. The number of ether oxygens (including phenoxy) is 3. The number of carbonyl (C=O) groups excluding carboxylic acids is 1. The van der Waals surface area contributed by atoms with Gasteiger partial charge in [0.05, 0.1) is 12.2 Å². The maximum atomic E-state index is 12.7. The van der Waals surface area contributed by atoms with Crippen LogP contribution in [0.3, 0.4) is 0 Å². The Balaban J connectivity index is 1.44. The van der Waals surface area contributed by atoms with E-state index in [4.69, 9.17) is 19.6 Å².